The molecule has 2 aliphatic rings. The maximum atomic E-state index is 12.4. The number of fused-ring (bicyclic) bond motifs is 2. The smallest absolute Gasteiger partial charge is 0.269 e. The van der Waals surface area contributed by atoms with Crippen LogP contribution in [-0.2, 0) is 10.2 Å². The Kier molecular flexibility index (Phi) is 2.45. The lowest BCUT2D eigenvalue weighted by Gasteiger charge is -2.40. The van der Waals surface area contributed by atoms with Crippen LogP contribution >= 0.6 is 0 Å². The first kappa shape index (κ1) is 13.3. The molecule has 3 rings (SSSR count). The summed E-state index contributed by atoms with van der Waals surface area (Å²) in [6.45, 7) is 6.42. The van der Waals surface area contributed by atoms with E-state index >= 15 is 0 Å². The Labute approximate surface area is 118 Å². The third kappa shape index (κ3) is 1.29. The van der Waals surface area contributed by atoms with E-state index in [9.17, 15) is 14.9 Å². The van der Waals surface area contributed by atoms with Crippen LogP contribution in [0.25, 0.3) is 0 Å². The van der Waals surface area contributed by atoms with Gasteiger partial charge in [-0.15, -0.1) is 0 Å². The van der Waals surface area contributed by atoms with Gasteiger partial charge in [-0.05, 0) is 23.8 Å². The molecule has 0 spiro atoms. The minimum atomic E-state index is -0.384. The Bertz CT molecular complexity index is 605. The number of ketones is 1. The molecule has 0 amide bonds. The van der Waals surface area contributed by atoms with E-state index in [-0.39, 0.29) is 26.9 Å². The second-order valence-corrected chi connectivity index (χ2v) is 6.94. The van der Waals surface area contributed by atoms with Crippen LogP contribution in [0.5, 0.6) is 0 Å². The van der Waals surface area contributed by atoms with Crippen molar-refractivity contribution in [2.45, 2.75) is 45.4 Å². The average molecular weight is 273 g/mol. The van der Waals surface area contributed by atoms with Crippen molar-refractivity contribution < 1.29 is 9.72 Å². The number of rotatable bonds is 2. The van der Waals surface area contributed by atoms with Gasteiger partial charge in [0.15, 0.2) is 0 Å². The largest absolute Gasteiger partial charge is 0.299 e. The number of nitrogens with zero attached hydrogens (tertiary/aromatic N) is 1. The van der Waals surface area contributed by atoms with Crippen molar-refractivity contribution in [3.63, 3.8) is 0 Å². The summed E-state index contributed by atoms with van der Waals surface area (Å²) >= 11 is 0. The monoisotopic (exact) mass is 273 g/mol. The topological polar surface area (TPSA) is 60.2 Å². The molecular formula is C16H19NO3. The zero-order valence-corrected chi connectivity index (χ0v) is 12.1. The van der Waals surface area contributed by atoms with Crippen molar-refractivity contribution in [2.24, 2.45) is 10.8 Å². The van der Waals surface area contributed by atoms with E-state index in [4.69, 9.17) is 0 Å². The molecule has 4 nitrogen and oxygen atoms in total. The van der Waals surface area contributed by atoms with Crippen molar-refractivity contribution >= 4 is 11.5 Å². The zero-order chi connectivity index (χ0) is 14.8. The third-order valence-electron chi connectivity index (χ3n) is 6.34. The lowest BCUT2D eigenvalue weighted by Crippen LogP contribution is -2.38. The van der Waals surface area contributed by atoms with Crippen LogP contribution in [0.2, 0.25) is 0 Å². The number of benzene rings is 1. The highest BCUT2D eigenvalue weighted by atomic mass is 16.6. The minimum Gasteiger partial charge on any atom is -0.299 e. The van der Waals surface area contributed by atoms with Crippen LogP contribution in [0.15, 0.2) is 24.3 Å². The minimum absolute atomic E-state index is 0.104. The molecule has 0 aromatic heterocycles. The SMILES string of the molecule is CC1(C)[C@]2(c3ccc([N+](=O)[O-])cc3)CC[C@@]1(C)C(=O)C2. The Morgan fingerprint density at radius 2 is 1.70 bits per heavy atom. The molecule has 2 atom stereocenters. The van der Waals surface area contributed by atoms with Crippen LogP contribution in [0.3, 0.4) is 0 Å². The fourth-order valence-electron chi connectivity index (χ4n) is 4.39. The molecule has 0 heterocycles. The number of nitro groups is 1. The van der Waals surface area contributed by atoms with E-state index in [1.54, 1.807) is 12.1 Å². The highest BCUT2D eigenvalue weighted by Gasteiger charge is 2.69. The maximum absolute atomic E-state index is 12.4. The van der Waals surface area contributed by atoms with Gasteiger partial charge in [0.1, 0.15) is 5.78 Å². The van der Waals surface area contributed by atoms with Crippen molar-refractivity contribution in [3.05, 3.63) is 39.9 Å². The Hall–Kier alpha value is -1.71. The molecule has 0 saturated heterocycles. The van der Waals surface area contributed by atoms with Gasteiger partial charge >= 0.3 is 0 Å². The molecule has 106 valence electrons. The number of non-ortho nitro benzene ring substituents is 1. The maximum Gasteiger partial charge on any atom is 0.269 e. The molecule has 1 aromatic carbocycles. The predicted octanol–water partition coefficient (Wildman–Crippen LogP) is 3.63. The number of carbonyl (C=O) groups is 1. The first-order valence-corrected chi connectivity index (χ1v) is 7.03. The molecule has 20 heavy (non-hydrogen) atoms. The van der Waals surface area contributed by atoms with Gasteiger partial charge in [-0.2, -0.15) is 0 Å². The fourth-order valence-corrected chi connectivity index (χ4v) is 4.39. The van der Waals surface area contributed by atoms with Gasteiger partial charge in [0.2, 0.25) is 0 Å². The van der Waals surface area contributed by atoms with Crippen molar-refractivity contribution in [1.82, 2.24) is 0 Å². The van der Waals surface area contributed by atoms with E-state index in [0.717, 1.165) is 18.4 Å². The number of nitro benzene ring substituents is 1. The van der Waals surface area contributed by atoms with Crippen LogP contribution < -0.4 is 0 Å². The second-order valence-electron chi connectivity index (χ2n) is 6.94. The van der Waals surface area contributed by atoms with Gasteiger partial charge in [-0.25, -0.2) is 0 Å². The fraction of sp³-hybridized carbons (Fsp3) is 0.562. The Morgan fingerprint density at radius 3 is 2.10 bits per heavy atom. The molecule has 2 bridgehead atoms. The molecule has 2 fully saturated rings. The molecule has 2 aliphatic carbocycles. The highest BCUT2D eigenvalue weighted by molar-refractivity contribution is 5.91. The first-order valence-electron chi connectivity index (χ1n) is 7.03. The molecule has 0 unspecified atom stereocenters. The van der Waals surface area contributed by atoms with E-state index < -0.39 is 0 Å². The van der Waals surface area contributed by atoms with Crippen molar-refractivity contribution in [3.8, 4) is 0 Å². The van der Waals surface area contributed by atoms with Gasteiger partial charge in [0, 0.05) is 29.4 Å². The summed E-state index contributed by atoms with van der Waals surface area (Å²) in [5.41, 5.74) is 0.659. The van der Waals surface area contributed by atoms with Gasteiger partial charge < -0.3 is 0 Å². The molecule has 0 N–H and O–H groups in total. The number of hydrogen-bond acceptors (Lipinski definition) is 3. The van der Waals surface area contributed by atoms with Crippen molar-refractivity contribution in [1.29, 1.82) is 0 Å². The van der Waals surface area contributed by atoms with Gasteiger partial charge in [-0.1, -0.05) is 32.9 Å². The average Bonchev–Trinajstić information content (AvgIpc) is 2.69. The number of carbonyl (C=O) groups excluding carboxylic acids is 1. The molecule has 0 radical (unpaired) electrons. The summed E-state index contributed by atoms with van der Waals surface area (Å²) in [4.78, 5) is 22.8. The lowest BCUT2D eigenvalue weighted by atomic mass is 9.62. The highest BCUT2D eigenvalue weighted by Crippen LogP contribution is 2.70. The van der Waals surface area contributed by atoms with E-state index in [1.165, 1.54) is 0 Å². The van der Waals surface area contributed by atoms with E-state index in [0.29, 0.717) is 12.2 Å². The van der Waals surface area contributed by atoms with Gasteiger partial charge in [0.25, 0.3) is 5.69 Å². The van der Waals surface area contributed by atoms with Crippen LogP contribution in [0.4, 0.5) is 5.69 Å². The first-order chi connectivity index (χ1) is 9.24. The standard InChI is InChI=1S/C16H19NO3/c1-14(2)15(3)8-9-16(14,10-13(15)18)11-4-6-12(7-5-11)17(19)20/h4-7H,8-10H2,1-3H3/t15-,16+/m0/s1. The summed E-state index contributed by atoms with van der Waals surface area (Å²) < 4.78 is 0. The summed E-state index contributed by atoms with van der Waals surface area (Å²) in [5.74, 6) is 0.340. The number of hydrogen-bond donors (Lipinski definition) is 0. The van der Waals surface area contributed by atoms with Crippen LogP contribution in [-0.4, -0.2) is 10.7 Å². The summed E-state index contributed by atoms with van der Waals surface area (Å²) in [5, 5.41) is 10.8. The van der Waals surface area contributed by atoms with Gasteiger partial charge in [0.05, 0.1) is 4.92 Å². The molecular weight excluding hydrogens is 254 g/mol. The molecule has 4 heteroatoms. The van der Waals surface area contributed by atoms with E-state index in [1.807, 2.05) is 12.1 Å². The van der Waals surface area contributed by atoms with Gasteiger partial charge in [-0.3, -0.25) is 14.9 Å². The third-order valence-corrected chi connectivity index (χ3v) is 6.34. The summed E-state index contributed by atoms with van der Waals surface area (Å²) in [6.07, 6.45) is 2.46. The van der Waals surface area contributed by atoms with Crippen molar-refractivity contribution in [2.75, 3.05) is 0 Å². The Balaban J connectivity index is 2.10. The lowest BCUT2D eigenvalue weighted by molar-refractivity contribution is -0.384. The summed E-state index contributed by atoms with van der Waals surface area (Å²) in [6, 6.07) is 6.78. The van der Waals surface area contributed by atoms with E-state index in [2.05, 4.69) is 20.8 Å². The number of Topliss-reactive ketones (excluding diaryl/α,β-unsaturated/α-hetero) is 1. The quantitative estimate of drug-likeness (QED) is 0.610. The Morgan fingerprint density at radius 1 is 1.10 bits per heavy atom. The normalized spacial score (nSPS) is 34.5. The van der Waals surface area contributed by atoms with Crippen LogP contribution in [0.1, 0.15) is 45.6 Å². The van der Waals surface area contributed by atoms with Crippen LogP contribution in [0, 0.1) is 20.9 Å². The molecule has 2 saturated carbocycles. The zero-order valence-electron chi connectivity index (χ0n) is 12.1. The second kappa shape index (κ2) is 3.68. The summed E-state index contributed by atoms with van der Waals surface area (Å²) in [7, 11) is 0. The molecule has 0 aliphatic heterocycles. The molecule has 1 aromatic rings. The predicted molar refractivity (Wildman–Crippen MR) is 75.5 cm³/mol.